The molecule has 0 saturated carbocycles. The molecule has 7 heteroatoms. The zero-order chi connectivity index (χ0) is 18.2. The van der Waals surface area contributed by atoms with Crippen molar-refractivity contribution >= 4 is 11.8 Å². The molecule has 0 aliphatic rings. The van der Waals surface area contributed by atoms with Gasteiger partial charge in [0.05, 0.1) is 24.7 Å². The highest BCUT2D eigenvalue weighted by atomic mass is 16.5. The monoisotopic (exact) mass is 348 g/mol. The van der Waals surface area contributed by atoms with Gasteiger partial charge in [0.2, 0.25) is 5.91 Å². The van der Waals surface area contributed by atoms with Gasteiger partial charge in [0.15, 0.2) is 0 Å². The van der Waals surface area contributed by atoms with Crippen molar-refractivity contribution in [2.45, 2.75) is 32.9 Å². The first-order valence-corrected chi connectivity index (χ1v) is 8.22. The fraction of sp³-hybridized carbons (Fsp3) is 0.444. The molecule has 0 spiro atoms. The Bertz CT molecular complexity index is 649. The van der Waals surface area contributed by atoms with Gasteiger partial charge in [-0.1, -0.05) is 13.8 Å². The van der Waals surface area contributed by atoms with Crippen molar-refractivity contribution in [1.82, 2.24) is 10.6 Å². The molecule has 2 rings (SSSR count). The second-order valence-corrected chi connectivity index (χ2v) is 6.22. The number of furan rings is 2. The molecule has 0 saturated heterocycles. The number of carbonyl (C=O) groups excluding carboxylic acids is 2. The van der Waals surface area contributed by atoms with Gasteiger partial charge in [-0.2, -0.15) is 0 Å². The molecule has 0 aromatic carbocycles. The molecule has 0 radical (unpaired) electrons. The van der Waals surface area contributed by atoms with Gasteiger partial charge >= 0.3 is 0 Å². The lowest BCUT2D eigenvalue weighted by molar-refractivity contribution is -0.124. The summed E-state index contributed by atoms with van der Waals surface area (Å²) >= 11 is 0. The molecule has 2 N–H and O–H groups in total. The van der Waals surface area contributed by atoms with Crippen LogP contribution >= 0.6 is 0 Å². The fourth-order valence-electron chi connectivity index (χ4n) is 2.14. The first-order valence-electron chi connectivity index (χ1n) is 8.22. The van der Waals surface area contributed by atoms with Gasteiger partial charge in [-0.25, -0.2) is 0 Å². The van der Waals surface area contributed by atoms with E-state index in [2.05, 4.69) is 10.6 Å². The maximum absolute atomic E-state index is 12.4. The van der Waals surface area contributed by atoms with Crippen LogP contribution in [0.3, 0.4) is 0 Å². The van der Waals surface area contributed by atoms with Crippen molar-refractivity contribution in [3.63, 3.8) is 0 Å². The molecule has 2 heterocycles. The molecule has 0 fully saturated rings. The molecule has 7 nitrogen and oxygen atoms in total. The molecule has 2 amide bonds. The van der Waals surface area contributed by atoms with Crippen molar-refractivity contribution in [2.75, 3.05) is 13.2 Å². The average Bonchev–Trinajstić information content (AvgIpc) is 3.26. The molecule has 2 aromatic rings. The lowest BCUT2D eigenvalue weighted by Gasteiger charge is -2.20. The lowest BCUT2D eigenvalue weighted by Crippen LogP contribution is -2.46. The third kappa shape index (κ3) is 5.79. The van der Waals surface area contributed by atoms with Crippen LogP contribution < -0.4 is 10.6 Å². The highest BCUT2D eigenvalue weighted by Crippen LogP contribution is 2.15. The van der Waals surface area contributed by atoms with Gasteiger partial charge in [0, 0.05) is 6.61 Å². The number of hydrogen-bond donors (Lipinski definition) is 2. The van der Waals surface area contributed by atoms with Gasteiger partial charge in [0.25, 0.3) is 5.91 Å². The Morgan fingerprint density at radius 1 is 1.12 bits per heavy atom. The van der Waals surface area contributed by atoms with Crippen LogP contribution in [0.25, 0.3) is 0 Å². The fourth-order valence-corrected chi connectivity index (χ4v) is 2.14. The Hall–Kier alpha value is -2.54. The highest BCUT2D eigenvalue weighted by molar-refractivity contribution is 5.97. The predicted octanol–water partition coefficient (Wildman–Crippen LogP) is 2.52. The molecular formula is C18H24N2O5. The predicted molar refractivity (Wildman–Crippen MR) is 90.9 cm³/mol. The summed E-state index contributed by atoms with van der Waals surface area (Å²) in [6, 6.07) is 3.92. The summed E-state index contributed by atoms with van der Waals surface area (Å²) in [6.07, 6.45) is 4.27. The quantitative estimate of drug-likeness (QED) is 0.726. The number of ether oxygens (including phenoxy) is 1. The summed E-state index contributed by atoms with van der Waals surface area (Å²) in [6.45, 7) is 6.59. The number of hydrogen-bond acceptors (Lipinski definition) is 5. The Kier molecular flexibility index (Phi) is 6.82. The minimum absolute atomic E-state index is 0.291. The van der Waals surface area contributed by atoms with E-state index >= 15 is 0 Å². The van der Waals surface area contributed by atoms with Crippen LogP contribution in [0, 0.1) is 5.92 Å². The third-order valence-corrected chi connectivity index (χ3v) is 3.46. The summed E-state index contributed by atoms with van der Waals surface area (Å²) in [5, 5.41) is 5.47. The summed E-state index contributed by atoms with van der Waals surface area (Å²) < 4.78 is 15.9. The molecule has 0 aliphatic heterocycles. The van der Waals surface area contributed by atoms with Gasteiger partial charge in [-0.05, 0) is 31.0 Å². The van der Waals surface area contributed by atoms with E-state index in [0.29, 0.717) is 30.5 Å². The molecular weight excluding hydrogens is 324 g/mol. The van der Waals surface area contributed by atoms with Gasteiger partial charge < -0.3 is 24.2 Å². The summed E-state index contributed by atoms with van der Waals surface area (Å²) in [7, 11) is 0. The number of rotatable bonds is 9. The van der Waals surface area contributed by atoms with Crippen molar-refractivity contribution in [3.05, 3.63) is 48.3 Å². The van der Waals surface area contributed by atoms with Crippen molar-refractivity contribution in [3.8, 4) is 0 Å². The van der Waals surface area contributed by atoms with E-state index in [-0.39, 0.29) is 11.8 Å². The Morgan fingerprint density at radius 3 is 2.52 bits per heavy atom. The largest absolute Gasteiger partial charge is 0.472 e. The third-order valence-electron chi connectivity index (χ3n) is 3.46. The Morgan fingerprint density at radius 2 is 1.92 bits per heavy atom. The van der Waals surface area contributed by atoms with Gasteiger partial charge in [-0.3, -0.25) is 9.59 Å². The normalized spacial score (nSPS) is 13.4. The van der Waals surface area contributed by atoms with Crippen LogP contribution in [0.4, 0.5) is 0 Å². The number of amides is 2. The second-order valence-electron chi connectivity index (χ2n) is 6.22. The van der Waals surface area contributed by atoms with E-state index in [1.54, 1.807) is 25.3 Å². The van der Waals surface area contributed by atoms with E-state index in [4.69, 9.17) is 13.6 Å². The van der Waals surface area contributed by atoms with Crippen molar-refractivity contribution in [2.24, 2.45) is 5.92 Å². The van der Waals surface area contributed by atoms with Crippen LogP contribution in [-0.2, 0) is 9.53 Å². The SMILES string of the molecule is CC(C)COC[C@H](NC(=O)[C@@H](C)NC(=O)c1ccoc1)c1ccco1. The van der Waals surface area contributed by atoms with E-state index in [0.717, 1.165) is 0 Å². The van der Waals surface area contributed by atoms with Crippen LogP contribution in [-0.4, -0.2) is 31.1 Å². The first kappa shape index (κ1) is 18.8. The van der Waals surface area contributed by atoms with Crippen LogP contribution in [0.15, 0.2) is 45.8 Å². The smallest absolute Gasteiger partial charge is 0.255 e. The highest BCUT2D eigenvalue weighted by Gasteiger charge is 2.23. The van der Waals surface area contributed by atoms with Crippen LogP contribution in [0.2, 0.25) is 0 Å². The summed E-state index contributed by atoms with van der Waals surface area (Å²) in [5.41, 5.74) is 0.363. The Balaban J connectivity index is 1.92. The average molecular weight is 348 g/mol. The number of carbonyl (C=O) groups is 2. The van der Waals surface area contributed by atoms with E-state index in [1.165, 1.54) is 18.6 Å². The summed E-state index contributed by atoms with van der Waals surface area (Å²) in [4.78, 5) is 24.4. The van der Waals surface area contributed by atoms with E-state index in [1.807, 2.05) is 13.8 Å². The standard InChI is InChI=1S/C18H24N2O5/c1-12(2)9-24-11-15(16-5-4-7-25-16)20-17(21)13(3)19-18(22)14-6-8-23-10-14/h4-8,10,12-13,15H,9,11H2,1-3H3,(H,19,22)(H,20,21)/t13-,15+/m1/s1. The zero-order valence-electron chi connectivity index (χ0n) is 14.7. The maximum Gasteiger partial charge on any atom is 0.255 e. The number of nitrogens with one attached hydrogen (secondary N) is 2. The second kappa shape index (κ2) is 9.08. The summed E-state index contributed by atoms with van der Waals surface area (Å²) in [5.74, 6) is 0.292. The zero-order valence-corrected chi connectivity index (χ0v) is 14.7. The van der Waals surface area contributed by atoms with Gasteiger partial charge in [0.1, 0.15) is 24.1 Å². The Labute approximate surface area is 146 Å². The maximum atomic E-state index is 12.4. The van der Waals surface area contributed by atoms with Gasteiger partial charge in [-0.15, -0.1) is 0 Å². The molecule has 0 unspecified atom stereocenters. The van der Waals surface area contributed by atoms with Crippen LogP contribution in [0.5, 0.6) is 0 Å². The molecule has 136 valence electrons. The minimum atomic E-state index is -0.718. The minimum Gasteiger partial charge on any atom is -0.472 e. The van der Waals surface area contributed by atoms with E-state index in [9.17, 15) is 9.59 Å². The van der Waals surface area contributed by atoms with Crippen molar-refractivity contribution < 1.29 is 23.2 Å². The molecule has 0 bridgehead atoms. The first-order chi connectivity index (χ1) is 12.0. The van der Waals surface area contributed by atoms with Crippen LogP contribution in [0.1, 0.15) is 42.9 Å². The molecule has 2 atom stereocenters. The van der Waals surface area contributed by atoms with E-state index < -0.39 is 12.1 Å². The van der Waals surface area contributed by atoms with Crippen molar-refractivity contribution in [1.29, 1.82) is 0 Å². The lowest BCUT2D eigenvalue weighted by atomic mass is 10.2. The molecule has 0 aliphatic carbocycles. The molecule has 25 heavy (non-hydrogen) atoms. The topological polar surface area (TPSA) is 93.7 Å². The molecule has 2 aromatic heterocycles.